The molecular formula is C17H31NO4. The number of ether oxygens (including phenoxy) is 4. The van der Waals surface area contributed by atoms with E-state index in [1.807, 2.05) is 13.8 Å². The lowest BCUT2D eigenvalue weighted by atomic mass is 9.91. The molecule has 0 aliphatic carbocycles. The lowest BCUT2D eigenvalue weighted by Crippen LogP contribution is -2.56. The van der Waals surface area contributed by atoms with Crippen molar-refractivity contribution in [2.75, 3.05) is 39.7 Å². The summed E-state index contributed by atoms with van der Waals surface area (Å²) in [7, 11) is 0. The summed E-state index contributed by atoms with van der Waals surface area (Å²) < 4.78 is 23.3. The first kappa shape index (κ1) is 17.9. The fraction of sp³-hybridized carbons (Fsp3) is 0.882. The van der Waals surface area contributed by atoms with Gasteiger partial charge in [-0.3, -0.25) is 4.90 Å². The van der Waals surface area contributed by atoms with Crippen molar-refractivity contribution >= 4 is 0 Å². The zero-order chi connectivity index (χ0) is 16.4. The number of likely N-dealkylation sites (N-methyl/N-ethyl adjacent to an activating group) is 1. The van der Waals surface area contributed by atoms with Crippen molar-refractivity contribution in [1.82, 2.24) is 4.90 Å². The molecule has 22 heavy (non-hydrogen) atoms. The second kappa shape index (κ2) is 6.97. The van der Waals surface area contributed by atoms with Gasteiger partial charge in [0.2, 0.25) is 0 Å². The maximum absolute atomic E-state index is 6.29. The Morgan fingerprint density at radius 2 is 2.09 bits per heavy atom. The highest BCUT2D eigenvalue weighted by molar-refractivity contribution is 5.16. The SMILES string of the molecule is C=C1COCOC(C)C1(C)OCC1COC(C)(C)CN1CC. The van der Waals surface area contributed by atoms with E-state index in [9.17, 15) is 0 Å². The Morgan fingerprint density at radius 1 is 1.36 bits per heavy atom. The molecule has 0 spiro atoms. The Labute approximate surface area is 134 Å². The van der Waals surface area contributed by atoms with Crippen molar-refractivity contribution in [3.8, 4) is 0 Å². The Morgan fingerprint density at radius 3 is 2.77 bits per heavy atom. The number of morpholine rings is 1. The van der Waals surface area contributed by atoms with Crippen LogP contribution in [-0.2, 0) is 18.9 Å². The minimum absolute atomic E-state index is 0.0847. The van der Waals surface area contributed by atoms with Gasteiger partial charge in [0, 0.05) is 6.54 Å². The molecule has 5 heteroatoms. The first-order chi connectivity index (χ1) is 10.3. The van der Waals surface area contributed by atoms with Crippen LogP contribution in [0.1, 0.15) is 34.6 Å². The second-order valence-electron chi connectivity index (χ2n) is 7.08. The van der Waals surface area contributed by atoms with Crippen LogP contribution in [0.4, 0.5) is 0 Å². The van der Waals surface area contributed by atoms with E-state index in [2.05, 4.69) is 32.3 Å². The molecule has 3 atom stereocenters. The van der Waals surface area contributed by atoms with Crippen LogP contribution in [0.25, 0.3) is 0 Å². The van der Waals surface area contributed by atoms with E-state index in [1.165, 1.54) is 0 Å². The van der Waals surface area contributed by atoms with E-state index in [-0.39, 0.29) is 17.7 Å². The average Bonchev–Trinajstić information content (AvgIpc) is 2.59. The van der Waals surface area contributed by atoms with Gasteiger partial charge in [0.1, 0.15) is 12.4 Å². The van der Waals surface area contributed by atoms with Gasteiger partial charge in [-0.25, -0.2) is 0 Å². The number of hydrogen-bond donors (Lipinski definition) is 0. The predicted molar refractivity (Wildman–Crippen MR) is 85.9 cm³/mol. The summed E-state index contributed by atoms with van der Waals surface area (Å²) in [5, 5.41) is 0. The highest BCUT2D eigenvalue weighted by Crippen LogP contribution is 2.30. The summed E-state index contributed by atoms with van der Waals surface area (Å²) in [6.07, 6.45) is -0.0847. The molecule has 0 aromatic rings. The normalized spacial score (nSPS) is 37.0. The Hall–Kier alpha value is -0.460. The molecule has 3 unspecified atom stereocenters. The maximum Gasteiger partial charge on any atom is 0.147 e. The minimum Gasteiger partial charge on any atom is -0.373 e. The first-order valence-electron chi connectivity index (χ1n) is 8.18. The highest BCUT2D eigenvalue weighted by Gasteiger charge is 2.40. The molecule has 0 aromatic carbocycles. The van der Waals surface area contributed by atoms with Crippen LogP contribution in [-0.4, -0.2) is 68.0 Å². The quantitative estimate of drug-likeness (QED) is 0.744. The molecule has 2 rings (SSSR count). The molecule has 0 radical (unpaired) electrons. The summed E-state index contributed by atoms with van der Waals surface area (Å²) in [6.45, 7) is 18.6. The Bertz CT molecular complexity index is 398. The minimum atomic E-state index is -0.525. The van der Waals surface area contributed by atoms with Crippen molar-refractivity contribution in [1.29, 1.82) is 0 Å². The number of hydrogen-bond acceptors (Lipinski definition) is 5. The van der Waals surface area contributed by atoms with Crippen LogP contribution in [0.15, 0.2) is 12.2 Å². The molecule has 2 aliphatic heterocycles. The van der Waals surface area contributed by atoms with Crippen molar-refractivity contribution < 1.29 is 18.9 Å². The molecule has 0 saturated carbocycles. The van der Waals surface area contributed by atoms with E-state index in [0.717, 1.165) is 18.7 Å². The lowest BCUT2D eigenvalue weighted by Gasteiger charge is -2.44. The second-order valence-corrected chi connectivity index (χ2v) is 7.08. The van der Waals surface area contributed by atoms with E-state index in [0.29, 0.717) is 26.6 Å². The van der Waals surface area contributed by atoms with E-state index in [1.54, 1.807) is 0 Å². The predicted octanol–water partition coefficient (Wildman–Crippen LogP) is 2.21. The van der Waals surface area contributed by atoms with Crippen molar-refractivity contribution in [2.45, 2.75) is 58.0 Å². The maximum atomic E-state index is 6.29. The number of rotatable bonds is 4. The standard InChI is InChI=1S/C17H31NO4/c1-7-18-11-16(4,5)21-9-15(18)10-22-17(6)13(2)8-19-12-20-14(17)3/h14-15H,2,7-12H2,1,3-6H3. The van der Waals surface area contributed by atoms with E-state index < -0.39 is 5.60 Å². The molecule has 0 N–H and O–H groups in total. The molecular weight excluding hydrogens is 282 g/mol. The van der Waals surface area contributed by atoms with Gasteiger partial charge in [-0.1, -0.05) is 13.5 Å². The van der Waals surface area contributed by atoms with Crippen LogP contribution in [0, 0.1) is 0 Å². The molecule has 0 aromatic heterocycles. The summed E-state index contributed by atoms with van der Waals surface area (Å²) in [5.74, 6) is 0. The van der Waals surface area contributed by atoms with Crippen molar-refractivity contribution in [2.24, 2.45) is 0 Å². The van der Waals surface area contributed by atoms with Gasteiger partial charge in [0.25, 0.3) is 0 Å². The molecule has 5 nitrogen and oxygen atoms in total. The largest absolute Gasteiger partial charge is 0.373 e. The zero-order valence-corrected chi connectivity index (χ0v) is 14.7. The van der Waals surface area contributed by atoms with E-state index >= 15 is 0 Å². The topological polar surface area (TPSA) is 40.2 Å². The first-order valence-corrected chi connectivity index (χ1v) is 8.18. The van der Waals surface area contributed by atoms with Gasteiger partial charge in [0.15, 0.2) is 0 Å². The highest BCUT2D eigenvalue weighted by atomic mass is 16.7. The van der Waals surface area contributed by atoms with Crippen LogP contribution in [0.2, 0.25) is 0 Å². The van der Waals surface area contributed by atoms with Crippen LogP contribution < -0.4 is 0 Å². The molecule has 0 amide bonds. The molecule has 2 heterocycles. The van der Waals surface area contributed by atoms with E-state index in [4.69, 9.17) is 18.9 Å². The monoisotopic (exact) mass is 313 g/mol. The van der Waals surface area contributed by atoms with Crippen molar-refractivity contribution in [3.63, 3.8) is 0 Å². The number of nitrogens with zero attached hydrogens (tertiary/aromatic N) is 1. The summed E-state index contributed by atoms with van der Waals surface area (Å²) in [4.78, 5) is 2.42. The lowest BCUT2D eigenvalue weighted by molar-refractivity contribution is -0.162. The Balaban J connectivity index is 1.99. The van der Waals surface area contributed by atoms with Crippen LogP contribution in [0.5, 0.6) is 0 Å². The van der Waals surface area contributed by atoms with Crippen molar-refractivity contribution in [3.05, 3.63) is 12.2 Å². The smallest absolute Gasteiger partial charge is 0.147 e. The average molecular weight is 313 g/mol. The molecule has 0 bridgehead atoms. The fourth-order valence-electron chi connectivity index (χ4n) is 3.01. The zero-order valence-electron chi connectivity index (χ0n) is 14.7. The summed E-state index contributed by atoms with van der Waals surface area (Å²) in [6, 6.07) is 0.263. The molecule has 2 saturated heterocycles. The summed E-state index contributed by atoms with van der Waals surface area (Å²) >= 11 is 0. The molecule has 2 fully saturated rings. The third-order valence-electron chi connectivity index (χ3n) is 4.90. The van der Waals surface area contributed by atoms with Crippen LogP contribution in [0.3, 0.4) is 0 Å². The van der Waals surface area contributed by atoms with Gasteiger partial charge in [-0.2, -0.15) is 0 Å². The summed E-state index contributed by atoms with van der Waals surface area (Å²) in [5.41, 5.74) is 0.313. The van der Waals surface area contributed by atoms with Crippen LogP contribution >= 0.6 is 0 Å². The third kappa shape index (κ3) is 3.89. The van der Waals surface area contributed by atoms with Gasteiger partial charge >= 0.3 is 0 Å². The Kier molecular flexibility index (Phi) is 5.67. The molecule has 2 aliphatic rings. The van der Waals surface area contributed by atoms with Gasteiger partial charge in [-0.15, -0.1) is 0 Å². The van der Waals surface area contributed by atoms with Gasteiger partial charge in [-0.05, 0) is 39.8 Å². The molecule has 128 valence electrons. The fourth-order valence-corrected chi connectivity index (χ4v) is 3.01. The van der Waals surface area contributed by atoms with Gasteiger partial charge in [0.05, 0.1) is 37.6 Å². The third-order valence-corrected chi connectivity index (χ3v) is 4.90. The van der Waals surface area contributed by atoms with Gasteiger partial charge < -0.3 is 18.9 Å².